The number of rotatable bonds is 1. The first-order chi connectivity index (χ1) is 7.09. The van der Waals surface area contributed by atoms with Crippen molar-refractivity contribution in [2.24, 2.45) is 5.92 Å². The van der Waals surface area contributed by atoms with Gasteiger partial charge in [0.1, 0.15) is 0 Å². The predicted molar refractivity (Wildman–Crippen MR) is 66.1 cm³/mol. The third-order valence-electron chi connectivity index (χ3n) is 3.22. The molecule has 2 atom stereocenters. The van der Waals surface area contributed by atoms with E-state index in [2.05, 4.69) is 54.9 Å². The van der Waals surface area contributed by atoms with Crippen LogP contribution in [0.5, 0.6) is 0 Å². The van der Waals surface area contributed by atoms with Crippen molar-refractivity contribution < 1.29 is 4.74 Å². The lowest BCUT2D eigenvalue weighted by atomic mass is 9.83. The van der Waals surface area contributed by atoms with Gasteiger partial charge in [-0.25, -0.2) is 0 Å². The van der Waals surface area contributed by atoms with Crippen LogP contribution in [-0.4, -0.2) is 6.61 Å². The SMILES string of the molecule is CC(C)[C@@H]1CO[C@@H](C)c2cc(Br)ccc21. The Labute approximate surface area is 100.0 Å². The summed E-state index contributed by atoms with van der Waals surface area (Å²) in [5.41, 5.74) is 2.81. The molecule has 0 fully saturated rings. The number of ether oxygens (including phenoxy) is 1. The van der Waals surface area contributed by atoms with Gasteiger partial charge in [-0.05, 0) is 36.1 Å². The molecular formula is C13H17BrO. The Morgan fingerprint density at radius 1 is 1.33 bits per heavy atom. The fraction of sp³-hybridized carbons (Fsp3) is 0.538. The molecule has 0 amide bonds. The van der Waals surface area contributed by atoms with Crippen LogP contribution in [0, 0.1) is 5.92 Å². The molecule has 15 heavy (non-hydrogen) atoms. The monoisotopic (exact) mass is 268 g/mol. The fourth-order valence-corrected chi connectivity index (χ4v) is 2.59. The number of benzene rings is 1. The minimum Gasteiger partial charge on any atom is -0.373 e. The van der Waals surface area contributed by atoms with Crippen molar-refractivity contribution in [2.75, 3.05) is 6.61 Å². The first kappa shape index (κ1) is 11.2. The largest absolute Gasteiger partial charge is 0.373 e. The van der Waals surface area contributed by atoms with Crippen LogP contribution >= 0.6 is 15.9 Å². The van der Waals surface area contributed by atoms with E-state index in [9.17, 15) is 0 Å². The van der Waals surface area contributed by atoms with Crippen molar-refractivity contribution in [3.63, 3.8) is 0 Å². The molecule has 0 saturated heterocycles. The van der Waals surface area contributed by atoms with Crippen LogP contribution in [0.25, 0.3) is 0 Å². The summed E-state index contributed by atoms with van der Waals surface area (Å²) >= 11 is 3.52. The van der Waals surface area contributed by atoms with Crippen LogP contribution in [0.15, 0.2) is 22.7 Å². The molecule has 0 bridgehead atoms. The summed E-state index contributed by atoms with van der Waals surface area (Å²) in [5.74, 6) is 1.18. The summed E-state index contributed by atoms with van der Waals surface area (Å²) in [6.45, 7) is 7.50. The van der Waals surface area contributed by atoms with Gasteiger partial charge in [-0.1, -0.05) is 35.8 Å². The third kappa shape index (κ3) is 2.11. The van der Waals surface area contributed by atoms with Crippen molar-refractivity contribution in [1.82, 2.24) is 0 Å². The fourth-order valence-electron chi connectivity index (χ4n) is 2.21. The van der Waals surface area contributed by atoms with Gasteiger partial charge in [0.2, 0.25) is 0 Å². The van der Waals surface area contributed by atoms with Gasteiger partial charge in [0, 0.05) is 10.4 Å². The van der Waals surface area contributed by atoms with E-state index in [1.54, 1.807) is 0 Å². The number of hydrogen-bond acceptors (Lipinski definition) is 1. The van der Waals surface area contributed by atoms with Gasteiger partial charge in [-0.15, -0.1) is 0 Å². The molecule has 0 aromatic heterocycles. The first-order valence-electron chi connectivity index (χ1n) is 5.50. The maximum atomic E-state index is 5.81. The van der Waals surface area contributed by atoms with Crippen LogP contribution in [0.2, 0.25) is 0 Å². The molecule has 0 unspecified atom stereocenters. The lowest BCUT2D eigenvalue weighted by molar-refractivity contribution is 0.0308. The highest BCUT2D eigenvalue weighted by Crippen LogP contribution is 2.38. The van der Waals surface area contributed by atoms with Gasteiger partial charge in [-0.3, -0.25) is 0 Å². The summed E-state index contributed by atoms with van der Waals surface area (Å²) < 4.78 is 6.95. The number of fused-ring (bicyclic) bond motifs is 1. The highest BCUT2D eigenvalue weighted by Gasteiger charge is 2.27. The average Bonchev–Trinajstić information content (AvgIpc) is 2.19. The molecule has 1 aliphatic heterocycles. The zero-order valence-corrected chi connectivity index (χ0v) is 11.0. The topological polar surface area (TPSA) is 9.23 Å². The van der Waals surface area contributed by atoms with E-state index >= 15 is 0 Å². The van der Waals surface area contributed by atoms with E-state index < -0.39 is 0 Å². The molecule has 0 saturated carbocycles. The molecular weight excluding hydrogens is 252 g/mol. The highest BCUT2D eigenvalue weighted by atomic mass is 79.9. The minimum absolute atomic E-state index is 0.229. The molecule has 1 aromatic carbocycles. The summed E-state index contributed by atoms with van der Waals surface area (Å²) in [5, 5.41) is 0. The highest BCUT2D eigenvalue weighted by molar-refractivity contribution is 9.10. The van der Waals surface area contributed by atoms with E-state index in [0.717, 1.165) is 11.1 Å². The Kier molecular flexibility index (Phi) is 3.17. The Morgan fingerprint density at radius 2 is 2.07 bits per heavy atom. The molecule has 0 radical (unpaired) electrons. The Balaban J connectivity index is 2.45. The first-order valence-corrected chi connectivity index (χ1v) is 6.30. The molecule has 1 heterocycles. The summed E-state index contributed by atoms with van der Waals surface area (Å²) in [4.78, 5) is 0. The lowest BCUT2D eigenvalue weighted by Gasteiger charge is -2.32. The Bertz CT molecular complexity index is 360. The standard InChI is InChI=1S/C13H17BrO/c1-8(2)13-7-15-9(3)12-6-10(14)4-5-11(12)13/h4-6,8-9,13H,7H2,1-3H3/t9-,13-/m0/s1. The van der Waals surface area contributed by atoms with E-state index in [-0.39, 0.29) is 6.10 Å². The molecule has 82 valence electrons. The van der Waals surface area contributed by atoms with Gasteiger partial charge in [-0.2, -0.15) is 0 Å². The summed E-state index contributed by atoms with van der Waals surface area (Å²) in [6, 6.07) is 6.56. The van der Waals surface area contributed by atoms with Gasteiger partial charge >= 0.3 is 0 Å². The second kappa shape index (κ2) is 4.26. The molecule has 0 aliphatic carbocycles. The summed E-state index contributed by atoms with van der Waals surface area (Å²) in [6.07, 6.45) is 0.229. The van der Waals surface area contributed by atoms with Gasteiger partial charge in [0.15, 0.2) is 0 Å². The zero-order valence-electron chi connectivity index (χ0n) is 9.46. The van der Waals surface area contributed by atoms with Crippen LogP contribution in [0.1, 0.15) is 43.9 Å². The molecule has 0 N–H and O–H groups in total. The lowest BCUT2D eigenvalue weighted by Crippen LogP contribution is -2.23. The summed E-state index contributed by atoms with van der Waals surface area (Å²) in [7, 11) is 0. The van der Waals surface area contributed by atoms with Crippen LogP contribution in [0.3, 0.4) is 0 Å². The maximum Gasteiger partial charge on any atom is 0.0800 e. The predicted octanol–water partition coefficient (Wildman–Crippen LogP) is 4.28. The van der Waals surface area contributed by atoms with Crippen molar-refractivity contribution in [3.8, 4) is 0 Å². The van der Waals surface area contributed by atoms with Crippen LogP contribution < -0.4 is 0 Å². The van der Waals surface area contributed by atoms with Crippen molar-refractivity contribution in [1.29, 1.82) is 0 Å². The second-order valence-electron chi connectivity index (χ2n) is 4.60. The normalized spacial score (nSPS) is 25.4. The molecule has 1 nitrogen and oxygen atoms in total. The zero-order chi connectivity index (χ0) is 11.0. The van der Waals surface area contributed by atoms with E-state index in [1.165, 1.54) is 11.1 Å². The molecule has 1 aliphatic rings. The maximum absolute atomic E-state index is 5.81. The quantitative estimate of drug-likeness (QED) is 0.739. The van der Waals surface area contributed by atoms with E-state index in [0.29, 0.717) is 11.8 Å². The van der Waals surface area contributed by atoms with Gasteiger partial charge in [0.05, 0.1) is 12.7 Å². The van der Waals surface area contributed by atoms with Gasteiger partial charge in [0.25, 0.3) is 0 Å². The average molecular weight is 269 g/mol. The van der Waals surface area contributed by atoms with E-state index in [4.69, 9.17) is 4.74 Å². The van der Waals surface area contributed by atoms with Crippen molar-refractivity contribution >= 4 is 15.9 Å². The second-order valence-corrected chi connectivity index (χ2v) is 5.51. The number of halogens is 1. The van der Waals surface area contributed by atoms with E-state index in [1.807, 2.05) is 0 Å². The molecule has 2 heteroatoms. The van der Waals surface area contributed by atoms with Crippen molar-refractivity contribution in [2.45, 2.75) is 32.8 Å². The van der Waals surface area contributed by atoms with Gasteiger partial charge < -0.3 is 4.74 Å². The molecule has 0 spiro atoms. The van der Waals surface area contributed by atoms with Crippen LogP contribution in [0.4, 0.5) is 0 Å². The third-order valence-corrected chi connectivity index (χ3v) is 3.71. The number of hydrogen-bond donors (Lipinski definition) is 0. The Morgan fingerprint density at radius 3 is 2.73 bits per heavy atom. The van der Waals surface area contributed by atoms with Crippen molar-refractivity contribution in [3.05, 3.63) is 33.8 Å². The molecule has 1 aromatic rings. The smallest absolute Gasteiger partial charge is 0.0800 e. The molecule has 2 rings (SSSR count). The minimum atomic E-state index is 0.229. The van der Waals surface area contributed by atoms with Crippen LogP contribution in [-0.2, 0) is 4.74 Å². The Hall–Kier alpha value is -0.340.